The summed E-state index contributed by atoms with van der Waals surface area (Å²) in [7, 11) is 0. The zero-order valence-electron chi connectivity index (χ0n) is 14.7. The Kier molecular flexibility index (Phi) is 5.16. The zero-order chi connectivity index (χ0) is 19.3. The summed E-state index contributed by atoms with van der Waals surface area (Å²) in [5, 5.41) is 14.3. The summed E-state index contributed by atoms with van der Waals surface area (Å²) in [6.45, 7) is 0.166. The molecular formula is C20H16ClN5O2. The number of amides is 1. The Morgan fingerprint density at radius 2 is 1.93 bits per heavy atom. The van der Waals surface area contributed by atoms with Gasteiger partial charge >= 0.3 is 0 Å². The lowest BCUT2D eigenvalue weighted by Crippen LogP contribution is -2.24. The molecule has 0 atom stereocenters. The standard InChI is InChI=1S/C20H16ClN5O2/c21-16-6-4-13(5-7-16)10-18(27)22-12-19-24-20(26-28-19)15-3-1-2-14(11-15)17-8-9-23-25-17/h1-9,11H,10,12H2,(H,22,27)(H,23,25). The molecule has 0 bridgehead atoms. The van der Waals surface area contributed by atoms with Crippen molar-refractivity contribution in [3.63, 3.8) is 0 Å². The third kappa shape index (κ3) is 4.27. The fourth-order valence-electron chi connectivity index (χ4n) is 2.71. The highest BCUT2D eigenvalue weighted by atomic mass is 35.5. The zero-order valence-corrected chi connectivity index (χ0v) is 15.5. The first-order valence-corrected chi connectivity index (χ1v) is 8.99. The van der Waals surface area contributed by atoms with E-state index in [4.69, 9.17) is 16.1 Å². The van der Waals surface area contributed by atoms with Crippen LogP contribution in [-0.4, -0.2) is 26.2 Å². The van der Waals surface area contributed by atoms with Gasteiger partial charge in [-0.25, -0.2) is 0 Å². The Morgan fingerprint density at radius 1 is 1.11 bits per heavy atom. The lowest BCUT2D eigenvalue weighted by atomic mass is 10.1. The number of carbonyl (C=O) groups excluding carboxylic acids is 1. The van der Waals surface area contributed by atoms with Crippen LogP contribution in [0.4, 0.5) is 0 Å². The molecule has 4 rings (SSSR count). The average molecular weight is 394 g/mol. The molecule has 0 radical (unpaired) electrons. The van der Waals surface area contributed by atoms with Gasteiger partial charge in [0.25, 0.3) is 0 Å². The van der Waals surface area contributed by atoms with Crippen molar-refractivity contribution in [2.45, 2.75) is 13.0 Å². The number of aromatic nitrogens is 4. The van der Waals surface area contributed by atoms with Gasteiger partial charge in [-0.3, -0.25) is 9.89 Å². The highest BCUT2D eigenvalue weighted by Gasteiger charge is 2.11. The highest BCUT2D eigenvalue weighted by Crippen LogP contribution is 2.23. The minimum absolute atomic E-state index is 0.136. The summed E-state index contributed by atoms with van der Waals surface area (Å²) >= 11 is 5.85. The van der Waals surface area contributed by atoms with Crippen LogP contribution < -0.4 is 5.32 Å². The van der Waals surface area contributed by atoms with Crippen LogP contribution in [0.25, 0.3) is 22.6 Å². The molecule has 0 aliphatic heterocycles. The Bertz CT molecular complexity index is 1070. The summed E-state index contributed by atoms with van der Waals surface area (Å²) in [6, 6.07) is 16.8. The van der Waals surface area contributed by atoms with E-state index in [1.54, 1.807) is 18.3 Å². The number of rotatable bonds is 6. The van der Waals surface area contributed by atoms with Gasteiger partial charge in [-0.2, -0.15) is 10.1 Å². The van der Waals surface area contributed by atoms with Gasteiger partial charge in [-0.05, 0) is 29.8 Å². The average Bonchev–Trinajstić information content (AvgIpc) is 3.41. The van der Waals surface area contributed by atoms with E-state index < -0.39 is 0 Å². The van der Waals surface area contributed by atoms with E-state index >= 15 is 0 Å². The lowest BCUT2D eigenvalue weighted by Gasteiger charge is -2.02. The van der Waals surface area contributed by atoms with Crippen molar-refractivity contribution < 1.29 is 9.32 Å². The SMILES string of the molecule is O=C(Cc1ccc(Cl)cc1)NCc1nc(-c2cccc(-c3ccn[nH]3)c2)no1. The van der Waals surface area contributed by atoms with Gasteiger partial charge in [0.1, 0.15) is 0 Å². The van der Waals surface area contributed by atoms with Crippen LogP contribution >= 0.6 is 11.6 Å². The van der Waals surface area contributed by atoms with E-state index in [9.17, 15) is 4.79 Å². The van der Waals surface area contributed by atoms with E-state index in [-0.39, 0.29) is 18.9 Å². The second-order valence-corrected chi connectivity index (χ2v) is 6.58. The van der Waals surface area contributed by atoms with E-state index in [0.29, 0.717) is 16.7 Å². The number of nitrogens with one attached hydrogen (secondary N) is 2. The van der Waals surface area contributed by atoms with E-state index in [1.165, 1.54) is 0 Å². The molecule has 0 spiro atoms. The van der Waals surface area contributed by atoms with Crippen LogP contribution in [0.3, 0.4) is 0 Å². The molecular weight excluding hydrogens is 378 g/mol. The van der Waals surface area contributed by atoms with Crippen molar-refractivity contribution in [1.29, 1.82) is 0 Å². The minimum Gasteiger partial charge on any atom is -0.347 e. The predicted molar refractivity (Wildman–Crippen MR) is 104 cm³/mol. The van der Waals surface area contributed by atoms with Crippen molar-refractivity contribution in [2.24, 2.45) is 0 Å². The molecule has 0 saturated heterocycles. The smallest absolute Gasteiger partial charge is 0.246 e. The van der Waals surface area contributed by atoms with Crippen LogP contribution in [-0.2, 0) is 17.8 Å². The molecule has 4 aromatic rings. The number of H-pyrrole nitrogens is 1. The molecule has 2 N–H and O–H groups in total. The Labute approximate surface area is 165 Å². The number of carbonyl (C=O) groups is 1. The third-order valence-corrected chi connectivity index (χ3v) is 4.37. The molecule has 7 nitrogen and oxygen atoms in total. The largest absolute Gasteiger partial charge is 0.347 e. The summed E-state index contributed by atoms with van der Waals surface area (Å²) in [4.78, 5) is 16.4. The van der Waals surface area contributed by atoms with Gasteiger partial charge in [0.15, 0.2) is 0 Å². The molecule has 28 heavy (non-hydrogen) atoms. The molecule has 2 aromatic heterocycles. The van der Waals surface area contributed by atoms with Gasteiger partial charge in [0, 0.05) is 22.3 Å². The quantitative estimate of drug-likeness (QED) is 0.521. The van der Waals surface area contributed by atoms with Gasteiger partial charge in [0.2, 0.25) is 17.6 Å². The molecule has 2 aromatic carbocycles. The van der Waals surface area contributed by atoms with Crippen LogP contribution in [0.1, 0.15) is 11.5 Å². The number of aromatic amines is 1. The van der Waals surface area contributed by atoms with Crippen LogP contribution in [0, 0.1) is 0 Å². The van der Waals surface area contributed by atoms with Gasteiger partial charge in [-0.15, -0.1) is 0 Å². The van der Waals surface area contributed by atoms with Gasteiger partial charge < -0.3 is 9.84 Å². The van der Waals surface area contributed by atoms with Crippen molar-refractivity contribution in [3.05, 3.63) is 77.3 Å². The summed E-state index contributed by atoms with van der Waals surface area (Å²) in [6.07, 6.45) is 1.95. The first-order chi connectivity index (χ1) is 13.7. The van der Waals surface area contributed by atoms with Crippen molar-refractivity contribution in [3.8, 4) is 22.6 Å². The predicted octanol–water partition coefficient (Wildman–Crippen LogP) is 3.64. The maximum Gasteiger partial charge on any atom is 0.246 e. The molecule has 0 aliphatic rings. The third-order valence-electron chi connectivity index (χ3n) is 4.12. The number of nitrogens with zero attached hydrogens (tertiary/aromatic N) is 3. The summed E-state index contributed by atoms with van der Waals surface area (Å²) < 4.78 is 5.25. The molecule has 0 saturated carbocycles. The molecule has 140 valence electrons. The van der Waals surface area contributed by atoms with E-state index in [2.05, 4.69) is 25.7 Å². The maximum atomic E-state index is 12.1. The monoisotopic (exact) mass is 393 g/mol. The normalized spacial score (nSPS) is 10.8. The Balaban J connectivity index is 1.39. The molecule has 1 amide bonds. The second kappa shape index (κ2) is 8.06. The fourth-order valence-corrected chi connectivity index (χ4v) is 2.84. The van der Waals surface area contributed by atoms with Gasteiger partial charge in [0.05, 0.1) is 18.7 Å². The number of benzene rings is 2. The Morgan fingerprint density at radius 3 is 2.71 bits per heavy atom. The number of halogens is 1. The van der Waals surface area contributed by atoms with Gasteiger partial charge in [-0.1, -0.05) is 47.1 Å². The molecule has 0 unspecified atom stereocenters. The van der Waals surface area contributed by atoms with Crippen molar-refractivity contribution >= 4 is 17.5 Å². The molecule has 0 fully saturated rings. The first kappa shape index (κ1) is 17.9. The lowest BCUT2D eigenvalue weighted by molar-refractivity contribution is -0.120. The van der Waals surface area contributed by atoms with E-state index in [1.807, 2.05) is 42.5 Å². The number of hydrogen-bond acceptors (Lipinski definition) is 5. The number of hydrogen-bond donors (Lipinski definition) is 2. The topological polar surface area (TPSA) is 96.7 Å². The van der Waals surface area contributed by atoms with E-state index in [0.717, 1.165) is 22.4 Å². The summed E-state index contributed by atoms with van der Waals surface area (Å²) in [5.74, 6) is 0.665. The van der Waals surface area contributed by atoms with Crippen molar-refractivity contribution in [2.75, 3.05) is 0 Å². The molecule has 8 heteroatoms. The molecule has 0 aliphatic carbocycles. The van der Waals surface area contributed by atoms with Crippen LogP contribution in [0.15, 0.2) is 65.3 Å². The second-order valence-electron chi connectivity index (χ2n) is 6.14. The minimum atomic E-state index is -0.136. The van der Waals surface area contributed by atoms with Crippen LogP contribution in [0.5, 0.6) is 0 Å². The Hall–Kier alpha value is -3.45. The molecule has 2 heterocycles. The first-order valence-electron chi connectivity index (χ1n) is 8.61. The highest BCUT2D eigenvalue weighted by molar-refractivity contribution is 6.30. The fraction of sp³-hybridized carbons (Fsp3) is 0.100. The van der Waals surface area contributed by atoms with Crippen LogP contribution in [0.2, 0.25) is 5.02 Å². The maximum absolute atomic E-state index is 12.1. The van der Waals surface area contributed by atoms with Crippen molar-refractivity contribution in [1.82, 2.24) is 25.7 Å². The summed E-state index contributed by atoms with van der Waals surface area (Å²) in [5.41, 5.74) is 3.57.